The van der Waals surface area contributed by atoms with Crippen LogP contribution in [0.2, 0.25) is 0 Å². The minimum Gasteiger partial charge on any atom is -0.407 e. The van der Waals surface area contributed by atoms with E-state index in [0.717, 1.165) is 55.5 Å². The van der Waals surface area contributed by atoms with Gasteiger partial charge in [-0.25, -0.2) is 4.68 Å². The molecule has 1 atom stereocenters. The number of aromatic nitrogens is 2. The van der Waals surface area contributed by atoms with Gasteiger partial charge in [0, 0.05) is 6.07 Å². The third-order valence-electron chi connectivity index (χ3n) is 4.51. The second kappa shape index (κ2) is 9.40. The third-order valence-corrected chi connectivity index (χ3v) is 4.51. The van der Waals surface area contributed by atoms with Gasteiger partial charge in [-0.1, -0.05) is 58.2 Å². The van der Waals surface area contributed by atoms with Gasteiger partial charge >= 0.3 is 5.97 Å². The summed E-state index contributed by atoms with van der Waals surface area (Å²) < 4.78 is 7.56. The maximum atomic E-state index is 12.6. The molecule has 1 aromatic carbocycles. The Labute approximate surface area is 151 Å². The highest BCUT2D eigenvalue weighted by Crippen LogP contribution is 2.25. The molecule has 0 radical (unpaired) electrons. The number of carbonyl (C=O) groups excluding carboxylic acids is 1. The lowest BCUT2D eigenvalue weighted by Crippen LogP contribution is -2.21. The fourth-order valence-electron chi connectivity index (χ4n) is 2.96. The minimum atomic E-state index is -0.145. The summed E-state index contributed by atoms with van der Waals surface area (Å²) in [5.74, 6) is 0.334. The van der Waals surface area contributed by atoms with Crippen LogP contribution < -0.4 is 4.74 Å². The lowest BCUT2D eigenvalue weighted by atomic mass is 10.00. The third kappa shape index (κ3) is 4.94. The van der Waals surface area contributed by atoms with Gasteiger partial charge in [0.1, 0.15) is 0 Å². The van der Waals surface area contributed by atoms with Gasteiger partial charge in [-0.15, -0.1) is 0 Å². The Morgan fingerprint density at radius 2 is 1.96 bits per heavy atom. The number of aryl methyl sites for hydroxylation is 2. The van der Waals surface area contributed by atoms with Gasteiger partial charge in [0.05, 0.1) is 17.3 Å². The molecule has 0 aliphatic rings. The van der Waals surface area contributed by atoms with E-state index in [1.165, 1.54) is 0 Å². The summed E-state index contributed by atoms with van der Waals surface area (Å²) >= 11 is 0. The van der Waals surface area contributed by atoms with Crippen LogP contribution in [0.4, 0.5) is 0 Å². The molecular weight excluding hydrogens is 312 g/mol. The molecule has 0 aliphatic carbocycles. The van der Waals surface area contributed by atoms with E-state index in [2.05, 4.69) is 18.9 Å². The lowest BCUT2D eigenvalue weighted by Gasteiger charge is -2.15. The zero-order valence-electron chi connectivity index (χ0n) is 15.9. The van der Waals surface area contributed by atoms with E-state index in [0.29, 0.717) is 5.88 Å². The van der Waals surface area contributed by atoms with E-state index in [1.54, 1.807) is 4.68 Å². The quantitative estimate of drug-likeness (QED) is 0.584. The van der Waals surface area contributed by atoms with E-state index in [1.807, 2.05) is 44.2 Å². The molecule has 1 aromatic heterocycles. The first-order chi connectivity index (χ1) is 12.1. The molecule has 25 heavy (non-hydrogen) atoms. The number of ether oxygens (including phenoxy) is 1. The fourth-order valence-corrected chi connectivity index (χ4v) is 2.96. The molecule has 1 unspecified atom stereocenters. The average Bonchev–Trinajstić information content (AvgIpc) is 2.98. The second-order valence-corrected chi connectivity index (χ2v) is 6.59. The highest BCUT2D eigenvalue weighted by molar-refractivity contribution is 5.75. The van der Waals surface area contributed by atoms with Crippen molar-refractivity contribution in [2.45, 2.75) is 66.2 Å². The first kappa shape index (κ1) is 19.2. The fraction of sp³-hybridized carbons (Fsp3) is 0.524. The highest BCUT2D eigenvalue weighted by Gasteiger charge is 2.21. The van der Waals surface area contributed by atoms with Crippen LogP contribution in [-0.4, -0.2) is 15.7 Å². The van der Waals surface area contributed by atoms with E-state index in [9.17, 15) is 4.79 Å². The molecule has 2 rings (SSSR count). The van der Waals surface area contributed by atoms with Crippen molar-refractivity contribution in [1.29, 1.82) is 0 Å². The summed E-state index contributed by atoms with van der Waals surface area (Å²) in [5, 5.41) is 4.67. The Morgan fingerprint density at radius 1 is 1.20 bits per heavy atom. The Hall–Kier alpha value is -2.10. The first-order valence-electron chi connectivity index (χ1n) is 9.47. The number of hydrogen-bond donors (Lipinski definition) is 0. The second-order valence-electron chi connectivity index (χ2n) is 6.59. The van der Waals surface area contributed by atoms with Crippen molar-refractivity contribution in [2.24, 2.45) is 5.92 Å². The van der Waals surface area contributed by atoms with E-state index < -0.39 is 0 Å². The largest absolute Gasteiger partial charge is 0.407 e. The number of unbranched alkanes of at least 4 members (excludes halogenated alkanes) is 1. The Bertz CT molecular complexity index is 691. The smallest absolute Gasteiger partial charge is 0.315 e. The number of esters is 1. The molecule has 136 valence electrons. The molecule has 2 aromatic rings. The van der Waals surface area contributed by atoms with Crippen LogP contribution in [0.15, 0.2) is 30.3 Å². The zero-order chi connectivity index (χ0) is 18.2. The van der Waals surface area contributed by atoms with Crippen LogP contribution in [0.3, 0.4) is 0 Å². The van der Waals surface area contributed by atoms with Crippen molar-refractivity contribution in [3.8, 4) is 11.6 Å². The summed E-state index contributed by atoms with van der Waals surface area (Å²) in [6.07, 6.45) is 5.70. The van der Waals surface area contributed by atoms with E-state index in [-0.39, 0.29) is 11.9 Å². The van der Waals surface area contributed by atoms with Crippen molar-refractivity contribution < 1.29 is 9.53 Å². The standard InChI is InChI=1S/C21H30N2O2/c1-5-8-13-17(7-3)21(24)25-20-15-18(11-6-2)22-23(20)19-14-10-9-12-16(19)4/h9-10,12,14-15,17H,5-8,11,13H2,1-4H3. The van der Waals surface area contributed by atoms with E-state index in [4.69, 9.17) is 4.74 Å². The molecule has 0 saturated carbocycles. The number of nitrogens with zero attached hydrogens (tertiary/aromatic N) is 2. The molecule has 0 fully saturated rings. The monoisotopic (exact) mass is 342 g/mol. The number of hydrogen-bond acceptors (Lipinski definition) is 3. The van der Waals surface area contributed by atoms with Crippen molar-refractivity contribution in [3.05, 3.63) is 41.6 Å². The van der Waals surface area contributed by atoms with Crippen LogP contribution >= 0.6 is 0 Å². The molecule has 1 heterocycles. The highest BCUT2D eigenvalue weighted by atomic mass is 16.5. The average molecular weight is 342 g/mol. The van der Waals surface area contributed by atoms with Gasteiger partial charge in [0.2, 0.25) is 5.88 Å². The topological polar surface area (TPSA) is 44.1 Å². The van der Waals surface area contributed by atoms with Gasteiger partial charge in [-0.05, 0) is 37.8 Å². The number of benzene rings is 1. The van der Waals surface area contributed by atoms with Crippen LogP contribution in [0.1, 0.15) is 64.1 Å². The molecular formula is C21H30N2O2. The van der Waals surface area contributed by atoms with Gasteiger partial charge in [0.25, 0.3) is 0 Å². The molecule has 4 heteroatoms. The van der Waals surface area contributed by atoms with Crippen LogP contribution in [-0.2, 0) is 11.2 Å². The molecule has 0 N–H and O–H groups in total. The lowest BCUT2D eigenvalue weighted by molar-refractivity contribution is -0.139. The zero-order valence-corrected chi connectivity index (χ0v) is 15.9. The van der Waals surface area contributed by atoms with Crippen molar-refractivity contribution in [2.75, 3.05) is 0 Å². The predicted octanol–water partition coefficient (Wildman–Crippen LogP) is 5.26. The van der Waals surface area contributed by atoms with Crippen molar-refractivity contribution in [3.63, 3.8) is 0 Å². The molecule has 0 amide bonds. The maximum absolute atomic E-state index is 12.6. The SMILES string of the molecule is CCCCC(CC)C(=O)Oc1cc(CCC)nn1-c1ccccc1C. The van der Waals surface area contributed by atoms with Gasteiger partial charge in [-0.2, -0.15) is 5.10 Å². The van der Waals surface area contributed by atoms with Gasteiger partial charge < -0.3 is 4.74 Å². The predicted molar refractivity (Wildman–Crippen MR) is 101 cm³/mol. The maximum Gasteiger partial charge on any atom is 0.315 e. The minimum absolute atomic E-state index is 0.0465. The summed E-state index contributed by atoms with van der Waals surface area (Å²) in [5.41, 5.74) is 3.01. The van der Waals surface area contributed by atoms with Crippen LogP contribution in [0, 0.1) is 12.8 Å². The van der Waals surface area contributed by atoms with Crippen LogP contribution in [0.5, 0.6) is 5.88 Å². The molecule has 4 nitrogen and oxygen atoms in total. The summed E-state index contributed by atoms with van der Waals surface area (Å²) in [6, 6.07) is 9.92. The molecule has 0 saturated heterocycles. The number of para-hydroxylation sites is 1. The van der Waals surface area contributed by atoms with Crippen LogP contribution in [0.25, 0.3) is 5.69 Å². The Balaban J connectivity index is 2.30. The van der Waals surface area contributed by atoms with Gasteiger partial charge in [-0.3, -0.25) is 4.79 Å². The number of rotatable bonds is 9. The summed E-state index contributed by atoms with van der Waals surface area (Å²) in [6.45, 7) is 8.35. The Kier molecular flexibility index (Phi) is 7.23. The van der Waals surface area contributed by atoms with E-state index >= 15 is 0 Å². The number of carbonyl (C=O) groups is 1. The first-order valence-corrected chi connectivity index (χ1v) is 9.47. The Morgan fingerprint density at radius 3 is 2.60 bits per heavy atom. The molecule has 0 bridgehead atoms. The van der Waals surface area contributed by atoms with Crippen molar-refractivity contribution >= 4 is 5.97 Å². The summed E-state index contributed by atoms with van der Waals surface area (Å²) in [4.78, 5) is 12.6. The summed E-state index contributed by atoms with van der Waals surface area (Å²) in [7, 11) is 0. The molecule has 0 aliphatic heterocycles. The van der Waals surface area contributed by atoms with Crippen molar-refractivity contribution in [1.82, 2.24) is 9.78 Å². The normalized spacial score (nSPS) is 12.2. The molecule has 0 spiro atoms. The van der Waals surface area contributed by atoms with Gasteiger partial charge in [0.15, 0.2) is 0 Å².